The number of likely N-dealkylation sites (tertiary alicyclic amines) is 1. The molecule has 4 nitrogen and oxygen atoms in total. The summed E-state index contributed by atoms with van der Waals surface area (Å²) in [4.78, 5) is 14.1. The van der Waals surface area contributed by atoms with Gasteiger partial charge in [-0.15, -0.1) is 0 Å². The molecule has 2 heterocycles. The van der Waals surface area contributed by atoms with Crippen molar-refractivity contribution in [3.05, 3.63) is 52.7 Å². The topological polar surface area (TPSA) is 46.3 Å². The van der Waals surface area contributed by atoms with E-state index in [1.807, 2.05) is 0 Å². The van der Waals surface area contributed by atoms with Crippen LogP contribution in [0.25, 0.3) is 0 Å². The Morgan fingerprint density at radius 3 is 2.71 bits per heavy atom. The number of benzene rings is 1. The van der Waals surface area contributed by atoms with Crippen molar-refractivity contribution in [1.29, 1.82) is 0 Å². The summed E-state index contributed by atoms with van der Waals surface area (Å²) in [6.45, 7) is 2.11. The molecule has 0 N–H and O–H groups in total. The molecule has 8 heteroatoms. The highest BCUT2D eigenvalue weighted by atomic mass is 19.4. The maximum atomic E-state index is 13.4. The van der Waals surface area contributed by atoms with Crippen LogP contribution in [-0.4, -0.2) is 22.5 Å². The fraction of sp³-hybridized carbons (Fsp3) is 0.375. The molecule has 24 heavy (non-hydrogen) atoms. The zero-order valence-electron chi connectivity index (χ0n) is 12.7. The number of hydrogen-bond donors (Lipinski definition) is 0. The van der Waals surface area contributed by atoms with Crippen molar-refractivity contribution in [1.82, 2.24) is 10.1 Å². The Bertz CT molecular complexity index is 770. The van der Waals surface area contributed by atoms with E-state index in [0.29, 0.717) is 43.0 Å². The molecule has 128 valence electrons. The zero-order chi connectivity index (χ0) is 17.5. The SMILES string of the molecule is Cc1cc([C@H]2CCCN2C(=O)c2ccc(F)c(C(F)(F)F)c2)no1. The monoisotopic (exact) mass is 342 g/mol. The molecule has 0 unspecified atom stereocenters. The standard InChI is InChI=1S/C16H14F4N2O2/c1-9-7-13(21-24-9)14-3-2-6-22(14)15(23)10-4-5-12(17)11(8-10)16(18,19)20/h4-5,7-8,14H,2-3,6H2,1H3/t14-/m1/s1. The number of aryl methyl sites for hydroxylation is 1. The van der Waals surface area contributed by atoms with Crippen molar-refractivity contribution < 1.29 is 26.9 Å². The Balaban J connectivity index is 1.91. The first-order valence-corrected chi connectivity index (χ1v) is 7.38. The molecule has 1 fully saturated rings. The number of alkyl halides is 3. The first-order chi connectivity index (χ1) is 11.3. The van der Waals surface area contributed by atoms with E-state index in [9.17, 15) is 22.4 Å². The van der Waals surface area contributed by atoms with E-state index >= 15 is 0 Å². The second-order valence-corrected chi connectivity index (χ2v) is 5.71. The number of amides is 1. The molecule has 0 spiro atoms. The van der Waals surface area contributed by atoms with Crippen molar-refractivity contribution in [2.45, 2.75) is 32.0 Å². The van der Waals surface area contributed by atoms with Gasteiger partial charge in [0.15, 0.2) is 0 Å². The minimum atomic E-state index is -4.85. The van der Waals surface area contributed by atoms with Gasteiger partial charge in [0.25, 0.3) is 5.91 Å². The van der Waals surface area contributed by atoms with Gasteiger partial charge in [0.1, 0.15) is 17.3 Å². The molecule has 0 saturated carbocycles. The van der Waals surface area contributed by atoms with Gasteiger partial charge in [0.05, 0.1) is 11.6 Å². The summed E-state index contributed by atoms with van der Waals surface area (Å²) < 4.78 is 56.9. The number of hydrogen-bond acceptors (Lipinski definition) is 3. The molecule has 1 aromatic heterocycles. The molecule has 1 aliphatic heterocycles. The number of aromatic nitrogens is 1. The van der Waals surface area contributed by atoms with Gasteiger partial charge < -0.3 is 9.42 Å². The maximum Gasteiger partial charge on any atom is 0.419 e. The van der Waals surface area contributed by atoms with Gasteiger partial charge in [-0.2, -0.15) is 13.2 Å². The third-order valence-corrected chi connectivity index (χ3v) is 4.02. The molecule has 0 radical (unpaired) electrons. The van der Waals surface area contributed by atoms with Crippen molar-refractivity contribution in [3.63, 3.8) is 0 Å². The maximum absolute atomic E-state index is 13.4. The quantitative estimate of drug-likeness (QED) is 0.772. The van der Waals surface area contributed by atoms with Crippen molar-refractivity contribution in [2.75, 3.05) is 6.54 Å². The van der Waals surface area contributed by atoms with E-state index in [-0.39, 0.29) is 11.6 Å². The van der Waals surface area contributed by atoms with Crippen molar-refractivity contribution in [2.24, 2.45) is 0 Å². The van der Waals surface area contributed by atoms with E-state index in [1.54, 1.807) is 13.0 Å². The molecular formula is C16H14F4N2O2. The summed E-state index contributed by atoms with van der Waals surface area (Å²) in [6.07, 6.45) is -3.51. The fourth-order valence-corrected chi connectivity index (χ4v) is 2.90. The van der Waals surface area contributed by atoms with Gasteiger partial charge in [0.2, 0.25) is 0 Å². The number of carbonyl (C=O) groups excluding carboxylic acids is 1. The number of halogens is 4. The normalized spacial score (nSPS) is 18.2. The van der Waals surface area contributed by atoms with Crippen LogP contribution in [0, 0.1) is 12.7 Å². The second-order valence-electron chi connectivity index (χ2n) is 5.71. The van der Waals surface area contributed by atoms with Crippen LogP contribution in [0.1, 0.15) is 46.3 Å². The Morgan fingerprint density at radius 1 is 1.33 bits per heavy atom. The average Bonchev–Trinajstić information content (AvgIpc) is 3.14. The van der Waals surface area contributed by atoms with Gasteiger partial charge >= 0.3 is 6.18 Å². The van der Waals surface area contributed by atoms with Crippen LogP contribution >= 0.6 is 0 Å². The third-order valence-electron chi connectivity index (χ3n) is 4.02. The fourth-order valence-electron chi connectivity index (χ4n) is 2.90. The molecule has 1 aliphatic rings. The molecule has 2 aromatic rings. The minimum Gasteiger partial charge on any atom is -0.361 e. The largest absolute Gasteiger partial charge is 0.419 e. The first-order valence-electron chi connectivity index (χ1n) is 7.38. The predicted molar refractivity (Wildman–Crippen MR) is 75.7 cm³/mol. The summed E-state index contributed by atoms with van der Waals surface area (Å²) in [5.41, 5.74) is -1.08. The summed E-state index contributed by atoms with van der Waals surface area (Å²) in [7, 11) is 0. The lowest BCUT2D eigenvalue weighted by atomic mass is 10.1. The highest BCUT2D eigenvalue weighted by molar-refractivity contribution is 5.94. The van der Waals surface area contributed by atoms with Gasteiger partial charge in [-0.25, -0.2) is 4.39 Å². The van der Waals surface area contributed by atoms with E-state index in [4.69, 9.17) is 4.52 Å². The summed E-state index contributed by atoms with van der Waals surface area (Å²) in [6, 6.07) is 3.63. The molecule has 0 aliphatic carbocycles. The van der Waals surface area contributed by atoms with Crippen molar-refractivity contribution >= 4 is 5.91 Å². The van der Waals surface area contributed by atoms with E-state index < -0.39 is 23.5 Å². The second kappa shape index (κ2) is 5.92. The molecule has 3 rings (SSSR count). The summed E-state index contributed by atoms with van der Waals surface area (Å²) in [5.74, 6) is -1.39. The van der Waals surface area contributed by atoms with Crippen LogP contribution in [0.3, 0.4) is 0 Å². The van der Waals surface area contributed by atoms with Crippen LogP contribution in [-0.2, 0) is 6.18 Å². The van der Waals surface area contributed by atoms with E-state index in [0.717, 1.165) is 6.07 Å². The molecule has 0 bridgehead atoms. The predicted octanol–water partition coefficient (Wildman–Crippen LogP) is 4.12. The van der Waals surface area contributed by atoms with Gasteiger partial charge in [-0.3, -0.25) is 4.79 Å². The lowest BCUT2D eigenvalue weighted by Gasteiger charge is -2.23. The Labute approximate surface area is 135 Å². The van der Waals surface area contributed by atoms with Crippen LogP contribution in [0.4, 0.5) is 17.6 Å². The minimum absolute atomic E-state index is 0.198. The van der Waals surface area contributed by atoms with E-state index in [2.05, 4.69) is 5.16 Å². The van der Waals surface area contributed by atoms with Gasteiger partial charge in [-0.1, -0.05) is 5.16 Å². The highest BCUT2D eigenvalue weighted by Gasteiger charge is 2.37. The molecular weight excluding hydrogens is 328 g/mol. The van der Waals surface area contributed by atoms with Crippen LogP contribution in [0.5, 0.6) is 0 Å². The van der Waals surface area contributed by atoms with Gasteiger partial charge in [0, 0.05) is 18.2 Å². The summed E-state index contributed by atoms with van der Waals surface area (Å²) in [5, 5.41) is 3.89. The highest BCUT2D eigenvalue weighted by Crippen LogP contribution is 2.35. The molecule has 1 amide bonds. The van der Waals surface area contributed by atoms with Crippen LogP contribution < -0.4 is 0 Å². The molecule has 1 saturated heterocycles. The Hall–Kier alpha value is -2.38. The smallest absolute Gasteiger partial charge is 0.361 e. The Morgan fingerprint density at radius 2 is 2.08 bits per heavy atom. The summed E-state index contributed by atoms with van der Waals surface area (Å²) >= 11 is 0. The van der Waals surface area contributed by atoms with Crippen LogP contribution in [0.2, 0.25) is 0 Å². The van der Waals surface area contributed by atoms with Crippen molar-refractivity contribution in [3.8, 4) is 0 Å². The number of nitrogens with zero attached hydrogens (tertiary/aromatic N) is 2. The number of carbonyl (C=O) groups is 1. The third kappa shape index (κ3) is 3.00. The lowest BCUT2D eigenvalue weighted by molar-refractivity contribution is -0.140. The zero-order valence-corrected chi connectivity index (χ0v) is 12.7. The average molecular weight is 342 g/mol. The molecule has 1 aromatic carbocycles. The Kier molecular flexibility index (Phi) is 4.06. The van der Waals surface area contributed by atoms with Crippen LogP contribution in [0.15, 0.2) is 28.8 Å². The van der Waals surface area contributed by atoms with E-state index in [1.165, 1.54) is 4.90 Å². The molecule has 1 atom stereocenters. The number of rotatable bonds is 2. The lowest BCUT2D eigenvalue weighted by Crippen LogP contribution is -2.31. The first kappa shape index (κ1) is 16.5. The van der Waals surface area contributed by atoms with Gasteiger partial charge in [-0.05, 0) is 38.0 Å².